The molecule has 1 aromatic rings. The van der Waals surface area contributed by atoms with Crippen molar-refractivity contribution in [3.05, 3.63) is 29.3 Å². The number of rotatable bonds is 2. The fraction of sp³-hybridized carbons (Fsp3) is 0.500. The summed E-state index contributed by atoms with van der Waals surface area (Å²) in [6.45, 7) is 10.3. The molecule has 1 rings (SSSR count). The molecule has 0 aliphatic heterocycles. The first-order valence-electron chi connectivity index (χ1n) is 5.52. The quantitative estimate of drug-likeness (QED) is 0.758. The lowest BCUT2D eigenvalue weighted by Crippen LogP contribution is -2.13. The first-order valence-corrected chi connectivity index (χ1v) is 5.52. The van der Waals surface area contributed by atoms with E-state index < -0.39 is 6.10 Å². The lowest BCUT2D eigenvalue weighted by molar-refractivity contribution is 0.274. The van der Waals surface area contributed by atoms with Gasteiger partial charge in [0.2, 0.25) is 0 Å². The second-order valence-electron chi connectivity index (χ2n) is 5.12. The van der Waals surface area contributed by atoms with Gasteiger partial charge < -0.3 is 4.74 Å². The molecule has 0 bridgehead atoms. The van der Waals surface area contributed by atoms with Gasteiger partial charge in [-0.25, -0.2) is 0 Å². The molecule has 0 saturated heterocycles. The third-order valence-electron chi connectivity index (χ3n) is 2.53. The van der Waals surface area contributed by atoms with Gasteiger partial charge in [-0.05, 0) is 36.5 Å². The monoisotopic (exact) mass is 217 g/mol. The highest BCUT2D eigenvalue weighted by Crippen LogP contribution is 2.27. The minimum Gasteiger partial charge on any atom is -0.476 e. The first kappa shape index (κ1) is 12.6. The summed E-state index contributed by atoms with van der Waals surface area (Å²) in [4.78, 5) is 0. The van der Waals surface area contributed by atoms with Crippen LogP contribution in [0.3, 0.4) is 0 Å². The summed E-state index contributed by atoms with van der Waals surface area (Å²) in [6.07, 6.45) is -0.404. The Bertz CT molecular complexity index is 410. The van der Waals surface area contributed by atoms with Crippen molar-refractivity contribution in [2.24, 2.45) is 0 Å². The SMILES string of the molecule is Cc1cc(C(C)(C)C)ccc1O[C@H](C)C#N. The molecule has 2 nitrogen and oxygen atoms in total. The molecule has 0 saturated carbocycles. The van der Waals surface area contributed by atoms with E-state index in [1.54, 1.807) is 6.92 Å². The number of aryl methyl sites for hydroxylation is 1. The zero-order valence-corrected chi connectivity index (χ0v) is 10.7. The van der Waals surface area contributed by atoms with Crippen LogP contribution in [0.15, 0.2) is 18.2 Å². The Labute approximate surface area is 97.9 Å². The third kappa shape index (κ3) is 3.00. The number of hydrogen-bond donors (Lipinski definition) is 0. The molecule has 0 amide bonds. The number of nitriles is 1. The Morgan fingerprint density at radius 3 is 2.38 bits per heavy atom. The maximum absolute atomic E-state index is 8.70. The minimum absolute atomic E-state index is 0.143. The van der Waals surface area contributed by atoms with Crippen LogP contribution in [0.4, 0.5) is 0 Å². The highest BCUT2D eigenvalue weighted by Gasteiger charge is 2.15. The first-order chi connectivity index (χ1) is 7.34. The smallest absolute Gasteiger partial charge is 0.181 e. The third-order valence-corrected chi connectivity index (χ3v) is 2.53. The molecular weight excluding hydrogens is 198 g/mol. The van der Waals surface area contributed by atoms with Crippen LogP contribution >= 0.6 is 0 Å². The lowest BCUT2D eigenvalue weighted by Gasteiger charge is -2.21. The summed E-state index contributed by atoms with van der Waals surface area (Å²) in [6, 6.07) is 8.20. The summed E-state index contributed by atoms with van der Waals surface area (Å²) < 4.78 is 5.50. The number of benzene rings is 1. The van der Waals surface area contributed by atoms with Gasteiger partial charge in [0.25, 0.3) is 0 Å². The Morgan fingerprint density at radius 2 is 1.94 bits per heavy atom. The predicted molar refractivity (Wildman–Crippen MR) is 65.6 cm³/mol. The summed E-state index contributed by atoms with van der Waals surface area (Å²) in [7, 11) is 0. The highest BCUT2D eigenvalue weighted by atomic mass is 16.5. The maximum atomic E-state index is 8.70. The van der Waals surface area contributed by atoms with Gasteiger partial charge in [0.05, 0.1) is 0 Å². The molecule has 0 unspecified atom stereocenters. The number of nitrogens with zero attached hydrogens (tertiary/aromatic N) is 1. The topological polar surface area (TPSA) is 33.0 Å². The van der Waals surface area contributed by atoms with E-state index in [1.807, 2.05) is 13.0 Å². The standard InChI is InChI=1S/C14H19NO/c1-10-8-12(14(3,4)5)6-7-13(10)16-11(2)9-15/h6-8,11H,1-5H3/t11-/m1/s1. The summed E-state index contributed by atoms with van der Waals surface area (Å²) in [5.74, 6) is 0.794. The van der Waals surface area contributed by atoms with Gasteiger partial charge in [-0.1, -0.05) is 32.9 Å². The van der Waals surface area contributed by atoms with E-state index in [-0.39, 0.29) is 5.41 Å². The van der Waals surface area contributed by atoms with Crippen LogP contribution in [-0.4, -0.2) is 6.10 Å². The van der Waals surface area contributed by atoms with Crippen LogP contribution in [0.2, 0.25) is 0 Å². The Balaban J connectivity index is 2.97. The van der Waals surface area contributed by atoms with Crippen molar-refractivity contribution < 1.29 is 4.74 Å². The molecule has 0 heterocycles. The number of hydrogen-bond acceptors (Lipinski definition) is 2. The second kappa shape index (κ2) is 4.57. The van der Waals surface area contributed by atoms with E-state index in [1.165, 1.54) is 5.56 Å². The van der Waals surface area contributed by atoms with Gasteiger partial charge in [0.1, 0.15) is 11.8 Å². The molecule has 0 radical (unpaired) electrons. The van der Waals surface area contributed by atoms with Crippen LogP contribution in [0.25, 0.3) is 0 Å². The predicted octanol–water partition coefficient (Wildman–Crippen LogP) is 3.58. The van der Waals surface area contributed by atoms with Crippen LogP contribution in [0, 0.1) is 18.3 Å². The molecule has 16 heavy (non-hydrogen) atoms. The Hall–Kier alpha value is -1.49. The molecule has 0 aromatic heterocycles. The molecule has 2 heteroatoms. The summed E-state index contributed by atoms with van der Waals surface area (Å²) >= 11 is 0. The van der Waals surface area contributed by atoms with Gasteiger partial charge in [-0.15, -0.1) is 0 Å². The Morgan fingerprint density at radius 1 is 1.31 bits per heavy atom. The van der Waals surface area contributed by atoms with E-state index in [9.17, 15) is 0 Å². The van der Waals surface area contributed by atoms with Gasteiger partial charge in [-0.3, -0.25) is 0 Å². The minimum atomic E-state index is -0.404. The molecule has 1 aromatic carbocycles. The zero-order chi connectivity index (χ0) is 12.3. The van der Waals surface area contributed by atoms with Crippen molar-refractivity contribution in [1.82, 2.24) is 0 Å². The Kier molecular flexibility index (Phi) is 3.59. The van der Waals surface area contributed by atoms with E-state index in [2.05, 4.69) is 39.0 Å². The lowest BCUT2D eigenvalue weighted by atomic mass is 9.86. The van der Waals surface area contributed by atoms with E-state index in [4.69, 9.17) is 10.00 Å². The van der Waals surface area contributed by atoms with Crippen molar-refractivity contribution in [3.63, 3.8) is 0 Å². The van der Waals surface area contributed by atoms with Gasteiger partial charge in [-0.2, -0.15) is 5.26 Å². The molecule has 1 atom stereocenters. The van der Waals surface area contributed by atoms with Crippen molar-refractivity contribution in [1.29, 1.82) is 5.26 Å². The van der Waals surface area contributed by atoms with Crippen molar-refractivity contribution in [2.75, 3.05) is 0 Å². The van der Waals surface area contributed by atoms with Crippen molar-refractivity contribution in [2.45, 2.75) is 46.1 Å². The normalized spacial score (nSPS) is 13.0. The van der Waals surface area contributed by atoms with E-state index in [0.29, 0.717) is 0 Å². The van der Waals surface area contributed by atoms with Gasteiger partial charge in [0, 0.05) is 0 Å². The largest absolute Gasteiger partial charge is 0.476 e. The summed E-state index contributed by atoms with van der Waals surface area (Å²) in [5.41, 5.74) is 2.50. The maximum Gasteiger partial charge on any atom is 0.181 e. The average molecular weight is 217 g/mol. The van der Waals surface area contributed by atoms with Gasteiger partial charge in [0.15, 0.2) is 6.10 Å². The van der Waals surface area contributed by atoms with E-state index >= 15 is 0 Å². The molecule has 0 spiro atoms. The molecule has 0 aliphatic carbocycles. The fourth-order valence-corrected chi connectivity index (χ4v) is 1.46. The van der Waals surface area contributed by atoms with Crippen LogP contribution in [0.1, 0.15) is 38.8 Å². The van der Waals surface area contributed by atoms with Crippen LogP contribution in [-0.2, 0) is 5.41 Å². The molecule has 0 fully saturated rings. The second-order valence-corrected chi connectivity index (χ2v) is 5.12. The van der Waals surface area contributed by atoms with Crippen molar-refractivity contribution >= 4 is 0 Å². The zero-order valence-electron chi connectivity index (χ0n) is 10.7. The number of ether oxygens (including phenoxy) is 1. The van der Waals surface area contributed by atoms with Gasteiger partial charge >= 0.3 is 0 Å². The molecule has 0 aliphatic rings. The molecule has 86 valence electrons. The summed E-state index contributed by atoms with van der Waals surface area (Å²) in [5, 5.41) is 8.70. The van der Waals surface area contributed by atoms with E-state index in [0.717, 1.165) is 11.3 Å². The van der Waals surface area contributed by atoms with Crippen molar-refractivity contribution in [3.8, 4) is 11.8 Å². The fourth-order valence-electron chi connectivity index (χ4n) is 1.46. The van der Waals surface area contributed by atoms with Crippen LogP contribution in [0.5, 0.6) is 5.75 Å². The molecular formula is C14H19NO. The highest BCUT2D eigenvalue weighted by molar-refractivity contribution is 5.39. The average Bonchev–Trinajstić information content (AvgIpc) is 2.19. The molecule has 0 N–H and O–H groups in total. The van der Waals surface area contributed by atoms with Crippen LogP contribution < -0.4 is 4.74 Å².